The average molecular weight is 348 g/mol. The van der Waals surface area contributed by atoms with E-state index in [4.69, 9.17) is 10.00 Å². The van der Waals surface area contributed by atoms with Crippen molar-refractivity contribution >= 4 is 21.6 Å². The maximum absolute atomic E-state index is 9.08. The molecule has 5 heteroatoms. The monoisotopic (exact) mass is 347 g/mol. The summed E-state index contributed by atoms with van der Waals surface area (Å²) >= 11 is 3.55. The first-order chi connectivity index (χ1) is 10.1. The molecule has 0 fully saturated rings. The standard InChI is InChI=1S/C16H18BrN3O/c1-11-12(7-13(8-18)20(11)2)9-19-16-6-4-5-15(17)14(16)10-21-3/h4-7,19H,9-10H2,1-3H3. The summed E-state index contributed by atoms with van der Waals surface area (Å²) in [6, 6.07) is 10.2. The van der Waals surface area contributed by atoms with Gasteiger partial charge >= 0.3 is 0 Å². The zero-order valence-electron chi connectivity index (χ0n) is 12.4. The highest BCUT2D eigenvalue weighted by atomic mass is 79.9. The number of ether oxygens (including phenoxy) is 1. The third-order valence-electron chi connectivity index (χ3n) is 3.63. The van der Waals surface area contributed by atoms with Crippen LogP contribution in [0.4, 0.5) is 5.69 Å². The van der Waals surface area contributed by atoms with Gasteiger partial charge in [-0.3, -0.25) is 0 Å². The molecule has 0 bridgehead atoms. The van der Waals surface area contributed by atoms with Gasteiger partial charge in [-0.2, -0.15) is 5.26 Å². The molecule has 0 aliphatic rings. The van der Waals surface area contributed by atoms with Crippen molar-refractivity contribution in [3.8, 4) is 6.07 Å². The van der Waals surface area contributed by atoms with Crippen LogP contribution in [0.2, 0.25) is 0 Å². The Kier molecular flexibility index (Phi) is 5.05. The van der Waals surface area contributed by atoms with E-state index in [0.717, 1.165) is 27.0 Å². The molecule has 1 N–H and O–H groups in total. The smallest absolute Gasteiger partial charge is 0.120 e. The van der Waals surface area contributed by atoms with Gasteiger partial charge < -0.3 is 14.6 Å². The molecule has 0 saturated heterocycles. The fourth-order valence-corrected chi connectivity index (χ4v) is 2.74. The van der Waals surface area contributed by atoms with Crippen LogP contribution in [0.5, 0.6) is 0 Å². The summed E-state index contributed by atoms with van der Waals surface area (Å²) in [5.74, 6) is 0. The summed E-state index contributed by atoms with van der Waals surface area (Å²) in [5, 5.41) is 12.5. The second-order valence-electron chi connectivity index (χ2n) is 4.86. The van der Waals surface area contributed by atoms with Crippen LogP contribution >= 0.6 is 15.9 Å². The maximum Gasteiger partial charge on any atom is 0.120 e. The number of methoxy groups -OCH3 is 1. The van der Waals surface area contributed by atoms with E-state index < -0.39 is 0 Å². The largest absolute Gasteiger partial charge is 0.381 e. The zero-order valence-corrected chi connectivity index (χ0v) is 14.0. The molecule has 0 unspecified atom stereocenters. The van der Waals surface area contributed by atoms with Crippen molar-refractivity contribution < 1.29 is 4.74 Å². The first kappa shape index (κ1) is 15.6. The van der Waals surface area contributed by atoms with Gasteiger partial charge in [0, 0.05) is 42.1 Å². The van der Waals surface area contributed by atoms with Gasteiger partial charge in [0.2, 0.25) is 0 Å². The maximum atomic E-state index is 9.08. The van der Waals surface area contributed by atoms with E-state index in [-0.39, 0.29) is 0 Å². The number of rotatable bonds is 5. The van der Waals surface area contributed by atoms with Gasteiger partial charge in [0.25, 0.3) is 0 Å². The van der Waals surface area contributed by atoms with Crippen LogP contribution in [0.1, 0.15) is 22.5 Å². The molecule has 1 heterocycles. The lowest BCUT2D eigenvalue weighted by atomic mass is 10.1. The topological polar surface area (TPSA) is 50.0 Å². The molecule has 0 atom stereocenters. The van der Waals surface area contributed by atoms with E-state index in [1.807, 2.05) is 42.8 Å². The van der Waals surface area contributed by atoms with Gasteiger partial charge in [0.05, 0.1) is 6.61 Å². The lowest BCUT2D eigenvalue weighted by Gasteiger charge is -2.13. The normalized spacial score (nSPS) is 10.4. The van der Waals surface area contributed by atoms with Crippen LogP contribution in [0.15, 0.2) is 28.7 Å². The second kappa shape index (κ2) is 6.79. The number of hydrogen-bond acceptors (Lipinski definition) is 3. The molecule has 21 heavy (non-hydrogen) atoms. The molecule has 0 saturated carbocycles. The quantitative estimate of drug-likeness (QED) is 0.896. The third-order valence-corrected chi connectivity index (χ3v) is 4.37. The lowest BCUT2D eigenvalue weighted by Crippen LogP contribution is -2.05. The van der Waals surface area contributed by atoms with Crippen molar-refractivity contribution in [3.63, 3.8) is 0 Å². The Bertz CT molecular complexity index is 686. The predicted molar refractivity (Wildman–Crippen MR) is 87.0 cm³/mol. The van der Waals surface area contributed by atoms with E-state index in [1.54, 1.807) is 7.11 Å². The Balaban J connectivity index is 2.21. The molecule has 2 aromatic rings. The SMILES string of the molecule is COCc1c(Br)cccc1NCc1cc(C#N)n(C)c1C. The summed E-state index contributed by atoms with van der Waals surface area (Å²) in [4.78, 5) is 0. The Morgan fingerprint density at radius 3 is 2.81 bits per heavy atom. The summed E-state index contributed by atoms with van der Waals surface area (Å²) in [5.41, 5.74) is 5.03. The van der Waals surface area contributed by atoms with Crippen LogP contribution in [0, 0.1) is 18.3 Å². The molecule has 0 amide bonds. The van der Waals surface area contributed by atoms with Gasteiger partial charge in [-0.05, 0) is 30.7 Å². The Hall–Kier alpha value is -1.77. The number of nitriles is 1. The van der Waals surface area contributed by atoms with Crippen LogP contribution < -0.4 is 5.32 Å². The molecule has 0 aliphatic carbocycles. The highest BCUT2D eigenvalue weighted by Gasteiger charge is 2.10. The Morgan fingerprint density at radius 2 is 2.19 bits per heavy atom. The van der Waals surface area contributed by atoms with E-state index in [1.165, 1.54) is 0 Å². The van der Waals surface area contributed by atoms with Gasteiger partial charge in [-0.1, -0.05) is 22.0 Å². The number of aromatic nitrogens is 1. The van der Waals surface area contributed by atoms with Crippen molar-refractivity contribution in [2.45, 2.75) is 20.1 Å². The third kappa shape index (κ3) is 3.29. The van der Waals surface area contributed by atoms with Crippen molar-refractivity contribution in [1.29, 1.82) is 5.26 Å². The molecule has 0 spiro atoms. The van der Waals surface area contributed by atoms with Gasteiger partial charge in [-0.25, -0.2) is 0 Å². The molecule has 110 valence electrons. The van der Waals surface area contributed by atoms with Crippen LogP contribution in [0.3, 0.4) is 0 Å². The second-order valence-corrected chi connectivity index (χ2v) is 5.72. The van der Waals surface area contributed by atoms with E-state index in [9.17, 15) is 0 Å². The van der Waals surface area contributed by atoms with Gasteiger partial charge in [0.15, 0.2) is 0 Å². The van der Waals surface area contributed by atoms with Crippen LogP contribution in [0.25, 0.3) is 0 Å². The average Bonchev–Trinajstić information content (AvgIpc) is 2.75. The Labute approximate surface area is 133 Å². The minimum atomic E-state index is 0.543. The molecule has 4 nitrogen and oxygen atoms in total. The van der Waals surface area contributed by atoms with Gasteiger partial charge in [-0.15, -0.1) is 0 Å². The van der Waals surface area contributed by atoms with Gasteiger partial charge in [0.1, 0.15) is 11.8 Å². The highest BCUT2D eigenvalue weighted by Crippen LogP contribution is 2.26. The van der Waals surface area contributed by atoms with Crippen molar-refractivity contribution in [1.82, 2.24) is 4.57 Å². The molecule has 0 radical (unpaired) electrons. The number of benzene rings is 1. The summed E-state index contributed by atoms with van der Waals surface area (Å²) < 4.78 is 8.18. The zero-order chi connectivity index (χ0) is 15.4. The number of nitrogens with zero attached hydrogens (tertiary/aromatic N) is 2. The van der Waals surface area contributed by atoms with E-state index in [0.29, 0.717) is 18.8 Å². The predicted octanol–water partition coefficient (Wildman–Crippen LogP) is 3.73. The van der Waals surface area contributed by atoms with Crippen molar-refractivity contribution in [2.75, 3.05) is 12.4 Å². The number of nitrogens with one attached hydrogen (secondary N) is 1. The van der Waals surface area contributed by atoms with Crippen molar-refractivity contribution in [2.24, 2.45) is 7.05 Å². The molecule has 0 aliphatic heterocycles. The number of hydrogen-bond donors (Lipinski definition) is 1. The molecule has 1 aromatic heterocycles. The molecule has 1 aromatic carbocycles. The van der Waals surface area contributed by atoms with Crippen LogP contribution in [-0.2, 0) is 24.9 Å². The molecular formula is C16H18BrN3O. The first-order valence-corrected chi connectivity index (χ1v) is 7.43. The van der Waals surface area contributed by atoms with E-state index >= 15 is 0 Å². The summed E-state index contributed by atoms with van der Waals surface area (Å²) in [6.45, 7) is 3.24. The highest BCUT2D eigenvalue weighted by molar-refractivity contribution is 9.10. The van der Waals surface area contributed by atoms with Crippen LogP contribution in [-0.4, -0.2) is 11.7 Å². The summed E-state index contributed by atoms with van der Waals surface area (Å²) in [6.07, 6.45) is 0. The first-order valence-electron chi connectivity index (χ1n) is 6.64. The fraction of sp³-hybridized carbons (Fsp3) is 0.312. The number of halogens is 1. The molecule has 2 rings (SSSR count). The fourth-order valence-electron chi connectivity index (χ4n) is 2.25. The lowest BCUT2D eigenvalue weighted by molar-refractivity contribution is 0.185. The summed E-state index contributed by atoms with van der Waals surface area (Å²) in [7, 11) is 3.59. The molecular weight excluding hydrogens is 330 g/mol. The van der Waals surface area contributed by atoms with Crippen molar-refractivity contribution in [3.05, 3.63) is 51.3 Å². The Morgan fingerprint density at radius 1 is 1.43 bits per heavy atom. The van der Waals surface area contributed by atoms with E-state index in [2.05, 4.69) is 27.3 Å². The minimum Gasteiger partial charge on any atom is -0.381 e. The number of anilines is 1. The minimum absolute atomic E-state index is 0.543.